The number of benzene rings is 2. The first kappa shape index (κ1) is 24.9. The van der Waals surface area contributed by atoms with E-state index in [1.54, 1.807) is 25.1 Å². The molecule has 0 bridgehead atoms. The number of thioether (sulfide) groups is 1. The van der Waals surface area contributed by atoms with E-state index in [2.05, 4.69) is 29.4 Å². The second kappa shape index (κ2) is 12.5. The molecule has 2 heterocycles. The Kier molecular flexibility index (Phi) is 8.85. The quantitative estimate of drug-likeness (QED) is 0.233. The van der Waals surface area contributed by atoms with Gasteiger partial charge in [-0.3, -0.25) is 4.79 Å². The number of carbonyl (C=O) groups excluding carboxylic acids is 1. The lowest BCUT2D eigenvalue weighted by atomic mass is 9.89. The first-order chi connectivity index (χ1) is 17.2. The fourth-order valence-corrected chi connectivity index (χ4v) is 5.24. The molecule has 0 saturated carbocycles. The predicted octanol–water partition coefficient (Wildman–Crippen LogP) is 6.99. The molecule has 6 heteroatoms. The van der Waals surface area contributed by atoms with Gasteiger partial charge in [0.1, 0.15) is 18.0 Å². The smallest absolute Gasteiger partial charge is 0.238 e. The molecule has 1 N–H and O–H groups in total. The van der Waals surface area contributed by atoms with Gasteiger partial charge in [-0.2, -0.15) is 0 Å². The molecule has 0 atom stereocenters. The molecule has 4 rings (SSSR count). The minimum absolute atomic E-state index is 0.115. The molecule has 182 valence electrons. The van der Waals surface area contributed by atoms with E-state index in [0.717, 1.165) is 45.1 Å². The molecule has 1 aromatic heterocycles. The standard InChI is InChI=1S/C29H32N2O3S/c1-3-4-5-11-18-35-25-16-17-30-29(33-2)28(25)31-26(32)19-22-20-34-24-15-10-9-14-23(24)27(22)21-12-7-6-8-13-21/h6-10,12-17H,3-5,11,18-20H2,1-2H3,(H,31,32). The number of para-hydroxylation sites is 1. The van der Waals surface area contributed by atoms with Crippen molar-refractivity contribution >= 4 is 28.9 Å². The third-order valence-electron chi connectivity index (χ3n) is 5.94. The van der Waals surface area contributed by atoms with Crippen LogP contribution in [0.4, 0.5) is 5.69 Å². The van der Waals surface area contributed by atoms with Crippen LogP contribution in [0.5, 0.6) is 11.6 Å². The van der Waals surface area contributed by atoms with E-state index in [1.807, 2.05) is 48.5 Å². The van der Waals surface area contributed by atoms with E-state index >= 15 is 0 Å². The van der Waals surface area contributed by atoms with Gasteiger partial charge >= 0.3 is 0 Å². The van der Waals surface area contributed by atoms with E-state index in [1.165, 1.54) is 19.3 Å². The number of methoxy groups -OCH3 is 1. The summed E-state index contributed by atoms with van der Waals surface area (Å²) in [6.45, 7) is 2.58. The van der Waals surface area contributed by atoms with Gasteiger partial charge < -0.3 is 14.8 Å². The zero-order valence-corrected chi connectivity index (χ0v) is 21.2. The molecule has 1 amide bonds. The zero-order valence-electron chi connectivity index (χ0n) is 20.4. The number of rotatable bonds is 11. The molecule has 3 aromatic rings. The number of nitrogens with zero attached hydrogens (tertiary/aromatic N) is 1. The van der Waals surface area contributed by atoms with Crippen molar-refractivity contribution in [3.8, 4) is 11.6 Å². The Hall–Kier alpha value is -3.25. The van der Waals surface area contributed by atoms with Crippen LogP contribution in [0.3, 0.4) is 0 Å². The van der Waals surface area contributed by atoms with Gasteiger partial charge in [-0.05, 0) is 41.0 Å². The summed E-state index contributed by atoms with van der Waals surface area (Å²) in [6.07, 6.45) is 6.76. The zero-order chi connectivity index (χ0) is 24.5. The highest BCUT2D eigenvalue weighted by Crippen LogP contribution is 2.39. The number of anilines is 1. The molecule has 0 spiro atoms. The SMILES string of the molecule is CCCCCCSc1ccnc(OC)c1NC(=O)CC1=C(c2ccccc2)c2ccccc2OC1. The lowest BCUT2D eigenvalue weighted by Crippen LogP contribution is -2.19. The highest BCUT2D eigenvalue weighted by atomic mass is 32.2. The number of aromatic nitrogens is 1. The predicted molar refractivity (Wildman–Crippen MR) is 143 cm³/mol. The van der Waals surface area contributed by atoms with Crippen LogP contribution < -0.4 is 14.8 Å². The molecule has 1 aliphatic rings. The molecular weight excluding hydrogens is 456 g/mol. The molecule has 2 aromatic carbocycles. The maximum atomic E-state index is 13.3. The Bertz CT molecular complexity index is 1180. The highest BCUT2D eigenvalue weighted by molar-refractivity contribution is 7.99. The van der Waals surface area contributed by atoms with Crippen LogP contribution in [0.2, 0.25) is 0 Å². The first-order valence-electron chi connectivity index (χ1n) is 12.2. The van der Waals surface area contributed by atoms with Gasteiger partial charge in [0, 0.05) is 16.7 Å². The van der Waals surface area contributed by atoms with E-state index in [4.69, 9.17) is 9.47 Å². The number of fused-ring (bicyclic) bond motifs is 1. The summed E-state index contributed by atoms with van der Waals surface area (Å²) < 4.78 is 11.5. The van der Waals surface area contributed by atoms with Gasteiger partial charge in [0.15, 0.2) is 0 Å². The van der Waals surface area contributed by atoms with E-state index in [-0.39, 0.29) is 12.3 Å². The van der Waals surface area contributed by atoms with Crippen molar-refractivity contribution < 1.29 is 14.3 Å². The second-order valence-corrected chi connectivity index (χ2v) is 9.59. The molecule has 0 saturated heterocycles. The van der Waals surface area contributed by atoms with Crippen LogP contribution in [0.15, 0.2) is 77.3 Å². The van der Waals surface area contributed by atoms with E-state index in [9.17, 15) is 4.79 Å². The van der Waals surface area contributed by atoms with E-state index in [0.29, 0.717) is 18.2 Å². The van der Waals surface area contributed by atoms with Crippen LogP contribution in [0.25, 0.3) is 5.57 Å². The van der Waals surface area contributed by atoms with Crippen LogP contribution in [-0.2, 0) is 4.79 Å². The molecule has 0 radical (unpaired) electrons. The number of carbonyl (C=O) groups is 1. The van der Waals surface area contributed by atoms with Gasteiger partial charge in [0.25, 0.3) is 0 Å². The first-order valence-corrected chi connectivity index (χ1v) is 13.1. The minimum Gasteiger partial charge on any atom is -0.489 e. The number of unbranched alkanes of at least 4 members (excludes halogenated alkanes) is 3. The van der Waals surface area contributed by atoms with Crippen LogP contribution in [-0.4, -0.2) is 30.4 Å². The Morgan fingerprint density at radius 2 is 1.86 bits per heavy atom. The van der Waals surface area contributed by atoms with Gasteiger partial charge in [-0.1, -0.05) is 74.7 Å². The monoisotopic (exact) mass is 488 g/mol. The Balaban J connectivity index is 1.57. The molecule has 0 aliphatic carbocycles. The van der Waals surface area contributed by atoms with Crippen molar-refractivity contribution in [2.45, 2.75) is 43.9 Å². The number of amides is 1. The fourth-order valence-electron chi connectivity index (χ4n) is 4.23. The summed E-state index contributed by atoms with van der Waals surface area (Å²) in [5.41, 5.74) is 4.73. The Labute approximate surface area is 212 Å². The van der Waals surface area contributed by atoms with Crippen LogP contribution in [0.1, 0.15) is 50.2 Å². The average molecular weight is 489 g/mol. The lowest BCUT2D eigenvalue weighted by Gasteiger charge is -2.24. The highest BCUT2D eigenvalue weighted by Gasteiger charge is 2.24. The van der Waals surface area contributed by atoms with Gasteiger partial charge in [0.2, 0.25) is 11.8 Å². The van der Waals surface area contributed by atoms with Crippen molar-refractivity contribution in [2.75, 3.05) is 24.8 Å². The van der Waals surface area contributed by atoms with Gasteiger partial charge in [-0.25, -0.2) is 4.98 Å². The Morgan fingerprint density at radius 1 is 1.06 bits per heavy atom. The number of nitrogens with one attached hydrogen (secondary N) is 1. The number of hydrogen-bond donors (Lipinski definition) is 1. The maximum Gasteiger partial charge on any atom is 0.238 e. The van der Waals surface area contributed by atoms with Gasteiger partial charge in [-0.15, -0.1) is 11.8 Å². The lowest BCUT2D eigenvalue weighted by molar-refractivity contribution is -0.115. The molecule has 5 nitrogen and oxygen atoms in total. The summed E-state index contributed by atoms with van der Waals surface area (Å²) in [4.78, 5) is 18.6. The van der Waals surface area contributed by atoms with E-state index < -0.39 is 0 Å². The second-order valence-electron chi connectivity index (χ2n) is 8.46. The van der Waals surface area contributed by atoms with Crippen molar-refractivity contribution in [3.05, 3.63) is 83.6 Å². The molecule has 0 fully saturated rings. The average Bonchev–Trinajstić information content (AvgIpc) is 2.89. The molecular formula is C29H32N2O3S. The summed E-state index contributed by atoms with van der Waals surface area (Å²) >= 11 is 1.73. The number of hydrogen-bond acceptors (Lipinski definition) is 5. The van der Waals surface area contributed by atoms with Crippen molar-refractivity contribution in [3.63, 3.8) is 0 Å². The summed E-state index contributed by atoms with van der Waals surface area (Å²) in [5, 5.41) is 3.09. The largest absolute Gasteiger partial charge is 0.489 e. The fraction of sp³-hybridized carbons (Fsp3) is 0.310. The Morgan fingerprint density at radius 3 is 2.66 bits per heavy atom. The summed E-state index contributed by atoms with van der Waals surface area (Å²) in [7, 11) is 1.58. The normalized spacial score (nSPS) is 12.6. The topological polar surface area (TPSA) is 60.5 Å². The summed E-state index contributed by atoms with van der Waals surface area (Å²) in [5.74, 6) is 2.14. The van der Waals surface area contributed by atoms with Crippen LogP contribution in [0, 0.1) is 0 Å². The van der Waals surface area contributed by atoms with Gasteiger partial charge in [0.05, 0.1) is 13.5 Å². The van der Waals surface area contributed by atoms with Crippen LogP contribution >= 0.6 is 11.8 Å². The van der Waals surface area contributed by atoms with Crippen molar-refractivity contribution in [1.82, 2.24) is 4.98 Å². The number of pyridine rings is 1. The number of ether oxygens (including phenoxy) is 2. The maximum absolute atomic E-state index is 13.3. The summed E-state index contributed by atoms with van der Waals surface area (Å²) in [6, 6.07) is 20.1. The van der Waals surface area contributed by atoms with Crippen molar-refractivity contribution in [2.24, 2.45) is 0 Å². The molecule has 1 aliphatic heterocycles. The third-order valence-corrected chi connectivity index (χ3v) is 7.08. The third kappa shape index (κ3) is 6.25. The van der Waals surface area contributed by atoms with Crippen molar-refractivity contribution in [1.29, 1.82) is 0 Å². The molecule has 0 unspecified atom stereocenters. The molecule has 35 heavy (non-hydrogen) atoms. The minimum atomic E-state index is -0.115.